The maximum Gasteiger partial charge on any atom is 0.273 e. The molecule has 0 spiro atoms. The largest absolute Gasteiger partial charge is 0.273 e. The summed E-state index contributed by atoms with van der Waals surface area (Å²) in [6, 6.07) is 6.29. The van der Waals surface area contributed by atoms with E-state index in [4.69, 9.17) is 0 Å². The number of nitrogens with zero attached hydrogens (tertiary/aromatic N) is 3. The third-order valence-corrected chi connectivity index (χ3v) is 2.72. The maximum atomic E-state index is 13.5. The molecule has 19 heavy (non-hydrogen) atoms. The van der Waals surface area contributed by atoms with Crippen LogP contribution in [0.25, 0.3) is 10.9 Å². The molecule has 0 aliphatic rings. The first-order chi connectivity index (χ1) is 9.25. The second-order valence-corrected chi connectivity index (χ2v) is 3.93. The van der Waals surface area contributed by atoms with Crippen molar-refractivity contribution in [3.8, 4) is 0 Å². The van der Waals surface area contributed by atoms with Crippen LogP contribution in [-0.2, 0) is 0 Å². The summed E-state index contributed by atoms with van der Waals surface area (Å²) in [5.74, 6) is -0.684. The van der Waals surface area contributed by atoms with Crippen LogP contribution in [0, 0.1) is 5.82 Å². The Hall–Kier alpha value is -2.76. The molecule has 2 aromatic heterocycles. The van der Waals surface area contributed by atoms with Gasteiger partial charge in [0.1, 0.15) is 12.1 Å². The van der Waals surface area contributed by atoms with Crippen LogP contribution < -0.4 is 5.43 Å². The summed E-state index contributed by atoms with van der Waals surface area (Å²) in [7, 11) is 0. The van der Waals surface area contributed by atoms with Crippen molar-refractivity contribution in [2.45, 2.75) is 0 Å². The Morgan fingerprint density at radius 3 is 2.79 bits per heavy atom. The van der Waals surface area contributed by atoms with Crippen molar-refractivity contribution in [3.05, 3.63) is 60.6 Å². The second kappa shape index (κ2) is 4.49. The summed E-state index contributed by atoms with van der Waals surface area (Å²) in [6.45, 7) is 0. The van der Waals surface area contributed by atoms with Crippen molar-refractivity contribution >= 4 is 16.8 Å². The van der Waals surface area contributed by atoms with Gasteiger partial charge in [0.05, 0.1) is 11.1 Å². The van der Waals surface area contributed by atoms with E-state index in [-0.39, 0.29) is 11.7 Å². The lowest BCUT2D eigenvalue weighted by Gasteiger charge is -2.07. The van der Waals surface area contributed by atoms with Crippen LogP contribution in [0.1, 0.15) is 10.4 Å². The highest BCUT2D eigenvalue weighted by Gasteiger charge is 2.09. The molecule has 6 heteroatoms. The monoisotopic (exact) mass is 256 g/mol. The van der Waals surface area contributed by atoms with Crippen LogP contribution in [-0.4, -0.2) is 20.6 Å². The molecule has 0 aliphatic heterocycles. The SMILES string of the molecule is O=C(Nn1ccc2c(F)cccc21)c1cncnc1. The molecule has 0 atom stereocenters. The molecule has 1 aromatic carbocycles. The van der Waals surface area contributed by atoms with Crippen LogP contribution >= 0.6 is 0 Å². The average Bonchev–Trinajstić information content (AvgIpc) is 2.84. The number of carbonyl (C=O) groups is 1. The molecular weight excluding hydrogens is 247 g/mol. The number of fused-ring (bicyclic) bond motifs is 1. The molecule has 0 unspecified atom stereocenters. The number of hydrogen-bond donors (Lipinski definition) is 1. The van der Waals surface area contributed by atoms with E-state index >= 15 is 0 Å². The Balaban J connectivity index is 1.94. The topological polar surface area (TPSA) is 59.8 Å². The van der Waals surface area contributed by atoms with E-state index in [1.807, 2.05) is 0 Å². The molecule has 0 aliphatic carbocycles. The fraction of sp³-hybridized carbons (Fsp3) is 0. The van der Waals surface area contributed by atoms with Crippen LogP contribution in [0.4, 0.5) is 4.39 Å². The molecule has 1 amide bonds. The highest BCUT2D eigenvalue weighted by atomic mass is 19.1. The average molecular weight is 256 g/mol. The van der Waals surface area contributed by atoms with Crippen molar-refractivity contribution in [2.75, 3.05) is 5.43 Å². The Morgan fingerprint density at radius 1 is 1.21 bits per heavy atom. The van der Waals surface area contributed by atoms with Gasteiger partial charge >= 0.3 is 0 Å². The summed E-state index contributed by atoms with van der Waals surface area (Å²) < 4.78 is 15.0. The van der Waals surface area contributed by atoms with Gasteiger partial charge < -0.3 is 0 Å². The van der Waals surface area contributed by atoms with Gasteiger partial charge in [-0.25, -0.2) is 14.4 Å². The molecular formula is C13H9FN4O. The fourth-order valence-electron chi connectivity index (χ4n) is 1.82. The normalized spacial score (nSPS) is 10.6. The van der Waals surface area contributed by atoms with Crippen LogP contribution in [0.5, 0.6) is 0 Å². The molecule has 0 fully saturated rings. The lowest BCUT2D eigenvalue weighted by molar-refractivity contribution is 0.101. The molecule has 0 saturated carbocycles. The molecule has 5 nitrogen and oxygen atoms in total. The maximum absolute atomic E-state index is 13.5. The van der Waals surface area contributed by atoms with E-state index in [9.17, 15) is 9.18 Å². The number of rotatable bonds is 2. The molecule has 0 saturated heterocycles. The lowest BCUT2D eigenvalue weighted by atomic mass is 10.2. The fourth-order valence-corrected chi connectivity index (χ4v) is 1.82. The van der Waals surface area contributed by atoms with Crippen LogP contribution in [0.2, 0.25) is 0 Å². The third kappa shape index (κ3) is 2.03. The quantitative estimate of drug-likeness (QED) is 0.762. The Bertz CT molecular complexity index is 739. The first-order valence-corrected chi connectivity index (χ1v) is 5.57. The molecule has 2 heterocycles. The first-order valence-electron chi connectivity index (χ1n) is 5.57. The minimum absolute atomic E-state index is 0.325. The Kier molecular flexibility index (Phi) is 2.68. The molecule has 3 aromatic rings. The highest BCUT2D eigenvalue weighted by Crippen LogP contribution is 2.17. The second-order valence-electron chi connectivity index (χ2n) is 3.93. The smallest absolute Gasteiger partial charge is 0.267 e. The summed E-state index contributed by atoms with van der Waals surface area (Å²) in [6.07, 6.45) is 5.76. The molecule has 1 N–H and O–H groups in total. The van der Waals surface area contributed by atoms with Gasteiger partial charge in [0.15, 0.2) is 0 Å². The highest BCUT2D eigenvalue weighted by molar-refractivity contribution is 6.00. The van der Waals surface area contributed by atoms with Gasteiger partial charge in [-0.3, -0.25) is 14.9 Å². The molecule has 0 radical (unpaired) electrons. The number of benzene rings is 1. The zero-order valence-electron chi connectivity index (χ0n) is 9.75. The Morgan fingerprint density at radius 2 is 2.00 bits per heavy atom. The van der Waals surface area contributed by atoms with Crippen molar-refractivity contribution in [3.63, 3.8) is 0 Å². The number of halogens is 1. The van der Waals surface area contributed by atoms with Gasteiger partial charge in [-0.15, -0.1) is 0 Å². The summed E-state index contributed by atoms with van der Waals surface area (Å²) in [4.78, 5) is 19.5. The van der Waals surface area contributed by atoms with E-state index in [2.05, 4.69) is 15.4 Å². The van der Waals surface area contributed by atoms with Gasteiger partial charge in [-0.2, -0.15) is 0 Å². The number of aromatic nitrogens is 3. The summed E-state index contributed by atoms with van der Waals surface area (Å²) in [5.41, 5.74) is 3.56. The number of amides is 1. The standard InChI is InChI=1S/C13H9FN4O/c14-11-2-1-3-12-10(11)4-5-18(12)17-13(19)9-6-15-8-16-7-9/h1-8H,(H,17,19). The minimum atomic E-state index is -0.359. The molecule has 94 valence electrons. The summed E-state index contributed by atoms with van der Waals surface area (Å²) >= 11 is 0. The van der Waals surface area contributed by atoms with Crippen LogP contribution in [0.3, 0.4) is 0 Å². The number of nitrogens with one attached hydrogen (secondary N) is 1. The van der Waals surface area contributed by atoms with E-state index in [1.54, 1.807) is 24.4 Å². The van der Waals surface area contributed by atoms with Crippen molar-refractivity contribution < 1.29 is 9.18 Å². The van der Waals surface area contributed by atoms with Gasteiger partial charge in [0, 0.05) is 24.0 Å². The van der Waals surface area contributed by atoms with Crippen LogP contribution in [0.15, 0.2) is 49.2 Å². The molecule has 0 bridgehead atoms. The predicted molar refractivity (Wildman–Crippen MR) is 67.6 cm³/mol. The van der Waals surface area contributed by atoms with Gasteiger partial charge in [0.2, 0.25) is 0 Å². The van der Waals surface area contributed by atoms with Crippen molar-refractivity contribution in [2.24, 2.45) is 0 Å². The predicted octanol–water partition coefficient (Wildman–Crippen LogP) is 1.95. The summed E-state index contributed by atoms with van der Waals surface area (Å²) in [5, 5.41) is 0.451. The van der Waals surface area contributed by atoms with Gasteiger partial charge in [0.25, 0.3) is 5.91 Å². The number of hydrogen-bond acceptors (Lipinski definition) is 3. The van der Waals surface area contributed by atoms with E-state index in [0.29, 0.717) is 16.5 Å². The first kappa shape index (κ1) is 11.3. The third-order valence-electron chi connectivity index (χ3n) is 2.72. The van der Waals surface area contributed by atoms with E-state index in [0.717, 1.165) is 0 Å². The van der Waals surface area contributed by atoms with E-state index in [1.165, 1.54) is 29.5 Å². The van der Waals surface area contributed by atoms with Gasteiger partial charge in [-0.1, -0.05) is 6.07 Å². The Labute approximate surface area is 107 Å². The lowest BCUT2D eigenvalue weighted by Crippen LogP contribution is -2.22. The molecule has 3 rings (SSSR count). The van der Waals surface area contributed by atoms with Gasteiger partial charge in [-0.05, 0) is 18.2 Å². The minimum Gasteiger partial charge on any atom is -0.267 e. The van der Waals surface area contributed by atoms with Crippen molar-refractivity contribution in [1.29, 1.82) is 0 Å². The zero-order chi connectivity index (χ0) is 13.2. The van der Waals surface area contributed by atoms with E-state index < -0.39 is 0 Å². The van der Waals surface area contributed by atoms with Crippen molar-refractivity contribution in [1.82, 2.24) is 14.6 Å². The zero-order valence-corrected chi connectivity index (χ0v) is 9.75. The number of carbonyl (C=O) groups excluding carboxylic acids is 1.